The molecular weight excluding hydrogens is 233 g/mol. The second kappa shape index (κ2) is 4.99. The Bertz CT molecular complexity index is 386. The van der Waals surface area contributed by atoms with Crippen molar-refractivity contribution in [3.05, 3.63) is 28.5 Å². The Morgan fingerprint density at radius 1 is 1.56 bits per heavy atom. The molecule has 0 saturated heterocycles. The Labute approximate surface area is 98.5 Å². The van der Waals surface area contributed by atoms with Crippen molar-refractivity contribution in [3.63, 3.8) is 0 Å². The summed E-state index contributed by atoms with van der Waals surface area (Å²) in [4.78, 5) is 4.92. The molecule has 0 fully saturated rings. The van der Waals surface area contributed by atoms with E-state index in [2.05, 4.69) is 5.48 Å². The Kier molecular flexibility index (Phi) is 3.63. The Balaban J connectivity index is 2.39. The SMILES string of the molecule is CONC1CCCOc2cc(F)c(Cl)cc21. The van der Waals surface area contributed by atoms with E-state index in [1.807, 2.05) is 0 Å². The Hall–Kier alpha value is -0.840. The van der Waals surface area contributed by atoms with Gasteiger partial charge in [-0.2, -0.15) is 5.48 Å². The molecule has 3 nitrogen and oxygen atoms in total. The van der Waals surface area contributed by atoms with E-state index in [4.69, 9.17) is 21.2 Å². The van der Waals surface area contributed by atoms with Crippen LogP contribution < -0.4 is 10.2 Å². The van der Waals surface area contributed by atoms with Crippen molar-refractivity contribution in [2.75, 3.05) is 13.7 Å². The van der Waals surface area contributed by atoms with Gasteiger partial charge in [0, 0.05) is 11.6 Å². The maximum Gasteiger partial charge on any atom is 0.145 e. The summed E-state index contributed by atoms with van der Waals surface area (Å²) in [5.41, 5.74) is 3.70. The van der Waals surface area contributed by atoms with E-state index in [0.29, 0.717) is 12.4 Å². The van der Waals surface area contributed by atoms with Crippen molar-refractivity contribution >= 4 is 11.6 Å². The summed E-state index contributed by atoms with van der Waals surface area (Å²) in [6.07, 6.45) is 1.75. The van der Waals surface area contributed by atoms with E-state index < -0.39 is 5.82 Å². The maximum absolute atomic E-state index is 13.3. The zero-order chi connectivity index (χ0) is 11.5. The largest absolute Gasteiger partial charge is 0.493 e. The lowest BCUT2D eigenvalue weighted by molar-refractivity contribution is 0.0579. The topological polar surface area (TPSA) is 30.5 Å². The summed E-state index contributed by atoms with van der Waals surface area (Å²) >= 11 is 5.77. The molecule has 0 spiro atoms. The lowest BCUT2D eigenvalue weighted by atomic mass is 10.0. The summed E-state index contributed by atoms with van der Waals surface area (Å²) in [5, 5.41) is 0.104. The monoisotopic (exact) mass is 245 g/mol. The van der Waals surface area contributed by atoms with E-state index in [0.717, 1.165) is 18.4 Å². The Morgan fingerprint density at radius 2 is 2.38 bits per heavy atom. The first-order valence-electron chi connectivity index (χ1n) is 5.12. The van der Waals surface area contributed by atoms with E-state index in [1.54, 1.807) is 13.2 Å². The molecule has 1 aliphatic rings. The molecule has 0 aliphatic carbocycles. The predicted octanol–water partition coefficient (Wildman–Crippen LogP) is 2.84. The van der Waals surface area contributed by atoms with E-state index in [-0.39, 0.29) is 11.1 Å². The van der Waals surface area contributed by atoms with E-state index >= 15 is 0 Å². The number of rotatable bonds is 2. The van der Waals surface area contributed by atoms with Crippen molar-refractivity contribution in [2.45, 2.75) is 18.9 Å². The van der Waals surface area contributed by atoms with Crippen LogP contribution in [0, 0.1) is 5.82 Å². The minimum atomic E-state index is -0.460. The molecule has 0 saturated carbocycles. The van der Waals surface area contributed by atoms with Gasteiger partial charge in [0.2, 0.25) is 0 Å². The van der Waals surface area contributed by atoms with Gasteiger partial charge in [-0.15, -0.1) is 0 Å². The van der Waals surface area contributed by atoms with Crippen LogP contribution in [-0.4, -0.2) is 13.7 Å². The average Bonchev–Trinajstić information content (AvgIpc) is 2.44. The molecule has 0 aromatic heterocycles. The molecule has 1 aliphatic heterocycles. The van der Waals surface area contributed by atoms with Crippen LogP contribution in [0.25, 0.3) is 0 Å². The van der Waals surface area contributed by atoms with Gasteiger partial charge in [-0.25, -0.2) is 4.39 Å². The van der Waals surface area contributed by atoms with Crippen LogP contribution in [0.5, 0.6) is 5.75 Å². The average molecular weight is 246 g/mol. The fourth-order valence-corrected chi connectivity index (χ4v) is 2.00. The molecule has 1 N–H and O–H groups in total. The second-order valence-corrected chi connectivity index (χ2v) is 4.08. The van der Waals surface area contributed by atoms with E-state index in [9.17, 15) is 4.39 Å². The lowest BCUT2D eigenvalue weighted by Crippen LogP contribution is -2.19. The quantitative estimate of drug-likeness (QED) is 0.813. The second-order valence-electron chi connectivity index (χ2n) is 3.67. The molecule has 2 rings (SSSR count). The summed E-state index contributed by atoms with van der Waals surface area (Å²) in [6.45, 7) is 0.579. The fraction of sp³-hybridized carbons (Fsp3) is 0.455. The number of ether oxygens (including phenoxy) is 1. The van der Waals surface area contributed by atoms with Gasteiger partial charge in [0.15, 0.2) is 0 Å². The third-order valence-electron chi connectivity index (χ3n) is 2.58. The third kappa shape index (κ3) is 2.29. The lowest BCUT2D eigenvalue weighted by Gasteiger charge is -2.17. The van der Waals surface area contributed by atoms with Gasteiger partial charge in [0.25, 0.3) is 0 Å². The number of hydrogen-bond acceptors (Lipinski definition) is 3. The van der Waals surface area contributed by atoms with E-state index in [1.165, 1.54) is 6.07 Å². The molecule has 0 bridgehead atoms. The summed E-state index contributed by atoms with van der Waals surface area (Å²) in [6, 6.07) is 2.90. The predicted molar refractivity (Wildman–Crippen MR) is 59.0 cm³/mol. The van der Waals surface area contributed by atoms with Gasteiger partial charge in [-0.3, -0.25) is 0 Å². The zero-order valence-electron chi connectivity index (χ0n) is 8.93. The van der Waals surface area contributed by atoms with Crippen LogP contribution in [0.1, 0.15) is 24.4 Å². The van der Waals surface area contributed by atoms with Gasteiger partial charge in [-0.1, -0.05) is 11.6 Å². The van der Waals surface area contributed by atoms with Crippen molar-refractivity contribution in [1.82, 2.24) is 5.48 Å². The first-order chi connectivity index (χ1) is 7.72. The zero-order valence-corrected chi connectivity index (χ0v) is 9.68. The first kappa shape index (κ1) is 11.6. The first-order valence-corrected chi connectivity index (χ1v) is 5.50. The highest BCUT2D eigenvalue weighted by Crippen LogP contribution is 2.34. The molecule has 0 amide bonds. The summed E-state index contributed by atoms with van der Waals surface area (Å²) in [7, 11) is 1.55. The van der Waals surface area contributed by atoms with Crippen molar-refractivity contribution in [3.8, 4) is 5.75 Å². The van der Waals surface area contributed by atoms with Crippen LogP contribution in [0.15, 0.2) is 12.1 Å². The maximum atomic E-state index is 13.3. The molecule has 5 heteroatoms. The van der Waals surface area contributed by atoms with Crippen LogP contribution in [0.4, 0.5) is 4.39 Å². The molecule has 16 heavy (non-hydrogen) atoms. The molecule has 0 radical (unpaired) electrons. The number of hydrogen-bond donors (Lipinski definition) is 1. The molecule has 1 aromatic rings. The normalized spacial score (nSPS) is 19.8. The van der Waals surface area contributed by atoms with Gasteiger partial charge in [-0.05, 0) is 18.9 Å². The van der Waals surface area contributed by atoms with Gasteiger partial charge in [0.05, 0.1) is 24.8 Å². The molecule has 1 aromatic carbocycles. The fourth-order valence-electron chi connectivity index (χ4n) is 1.83. The number of nitrogens with one attached hydrogen (secondary N) is 1. The third-order valence-corrected chi connectivity index (χ3v) is 2.87. The van der Waals surface area contributed by atoms with Gasteiger partial charge in [0.1, 0.15) is 11.6 Å². The highest BCUT2D eigenvalue weighted by atomic mass is 35.5. The molecule has 88 valence electrons. The number of hydroxylamine groups is 1. The standard InChI is InChI=1S/C11H13ClFNO2/c1-15-14-10-3-2-4-16-11-6-9(13)8(12)5-7(10)11/h5-6,10,14H,2-4H2,1H3. The molecule has 1 unspecified atom stereocenters. The van der Waals surface area contributed by atoms with Crippen molar-refractivity contribution in [2.24, 2.45) is 0 Å². The number of fused-ring (bicyclic) bond motifs is 1. The van der Waals surface area contributed by atoms with Crippen LogP contribution in [0.2, 0.25) is 5.02 Å². The smallest absolute Gasteiger partial charge is 0.145 e. The van der Waals surface area contributed by atoms with Crippen LogP contribution in [0.3, 0.4) is 0 Å². The molecular formula is C11H13ClFNO2. The highest BCUT2D eigenvalue weighted by Gasteiger charge is 2.21. The van der Waals surface area contributed by atoms with Gasteiger partial charge < -0.3 is 9.57 Å². The molecule has 1 atom stereocenters. The Morgan fingerprint density at radius 3 is 3.12 bits per heavy atom. The number of halogens is 2. The minimum absolute atomic E-state index is 0.0133. The van der Waals surface area contributed by atoms with Crippen LogP contribution in [-0.2, 0) is 4.84 Å². The van der Waals surface area contributed by atoms with Gasteiger partial charge >= 0.3 is 0 Å². The highest BCUT2D eigenvalue weighted by molar-refractivity contribution is 6.30. The van der Waals surface area contributed by atoms with Crippen LogP contribution >= 0.6 is 11.6 Å². The van der Waals surface area contributed by atoms with Crippen molar-refractivity contribution in [1.29, 1.82) is 0 Å². The minimum Gasteiger partial charge on any atom is -0.493 e. The molecule has 1 heterocycles. The van der Waals surface area contributed by atoms with Crippen molar-refractivity contribution < 1.29 is 14.0 Å². The summed E-state index contributed by atoms with van der Waals surface area (Å²) in [5.74, 6) is 0.0763. The summed E-state index contributed by atoms with van der Waals surface area (Å²) < 4.78 is 18.8. The number of benzene rings is 1.